The second kappa shape index (κ2) is 4.27. The molecule has 4 nitrogen and oxygen atoms in total. The van der Waals surface area contributed by atoms with Gasteiger partial charge in [-0.1, -0.05) is 15.9 Å². The van der Waals surface area contributed by atoms with Gasteiger partial charge in [0.25, 0.3) is 0 Å². The van der Waals surface area contributed by atoms with Crippen molar-refractivity contribution in [1.82, 2.24) is 9.97 Å². The monoisotopic (exact) mass is 265 g/mol. The van der Waals surface area contributed by atoms with Gasteiger partial charge in [-0.05, 0) is 12.1 Å². The summed E-state index contributed by atoms with van der Waals surface area (Å²) in [4.78, 5) is 7.74. The van der Waals surface area contributed by atoms with Crippen LogP contribution >= 0.6 is 15.9 Å². The van der Waals surface area contributed by atoms with Gasteiger partial charge in [-0.25, -0.2) is 9.97 Å². The summed E-state index contributed by atoms with van der Waals surface area (Å²) in [5.74, 6) is 1.13. The lowest BCUT2D eigenvalue weighted by Crippen LogP contribution is -1.90. The summed E-state index contributed by atoms with van der Waals surface area (Å²) in [5.41, 5.74) is 6.30. The zero-order chi connectivity index (χ0) is 10.7. The molecule has 2 aromatic rings. The molecular formula is C10H8BrN3O. The molecule has 1 heterocycles. The van der Waals surface area contributed by atoms with Crippen molar-refractivity contribution in [3.8, 4) is 11.6 Å². The molecule has 0 saturated heterocycles. The largest absolute Gasteiger partial charge is 0.439 e. The molecule has 0 atom stereocenters. The number of hydrogen-bond acceptors (Lipinski definition) is 4. The van der Waals surface area contributed by atoms with Gasteiger partial charge in [0.15, 0.2) is 0 Å². The summed E-state index contributed by atoms with van der Waals surface area (Å²) in [6, 6.07) is 7.02. The smallest absolute Gasteiger partial charge is 0.222 e. The van der Waals surface area contributed by atoms with Crippen LogP contribution in [0.5, 0.6) is 11.6 Å². The average Bonchev–Trinajstić information content (AvgIpc) is 2.17. The van der Waals surface area contributed by atoms with Crippen LogP contribution in [0.4, 0.5) is 5.69 Å². The lowest BCUT2D eigenvalue weighted by atomic mass is 10.3. The van der Waals surface area contributed by atoms with Crippen LogP contribution in [0.15, 0.2) is 41.3 Å². The topological polar surface area (TPSA) is 61.0 Å². The number of rotatable bonds is 2. The summed E-state index contributed by atoms with van der Waals surface area (Å²) in [7, 11) is 0. The van der Waals surface area contributed by atoms with Gasteiger partial charge in [0.05, 0.1) is 0 Å². The Balaban J connectivity index is 2.25. The van der Waals surface area contributed by atoms with Gasteiger partial charge in [-0.15, -0.1) is 0 Å². The number of nitrogen functional groups attached to an aromatic ring is 1. The molecule has 1 aromatic heterocycles. The van der Waals surface area contributed by atoms with Gasteiger partial charge in [-0.3, -0.25) is 0 Å². The zero-order valence-corrected chi connectivity index (χ0v) is 9.31. The number of nitrogens with zero attached hydrogens (tertiary/aromatic N) is 2. The second-order valence-electron chi connectivity index (χ2n) is 2.87. The van der Waals surface area contributed by atoms with Crippen molar-refractivity contribution in [3.63, 3.8) is 0 Å². The molecule has 15 heavy (non-hydrogen) atoms. The summed E-state index contributed by atoms with van der Waals surface area (Å²) in [6.45, 7) is 0. The normalized spacial score (nSPS) is 9.93. The fourth-order valence-electron chi connectivity index (χ4n) is 1.10. The Morgan fingerprint density at radius 2 is 2.13 bits per heavy atom. The first kappa shape index (κ1) is 9.92. The highest BCUT2D eigenvalue weighted by molar-refractivity contribution is 9.10. The molecule has 0 aliphatic rings. The number of aromatic nitrogens is 2. The summed E-state index contributed by atoms with van der Waals surface area (Å²) >= 11 is 3.33. The molecule has 76 valence electrons. The third-order valence-corrected chi connectivity index (χ3v) is 2.13. The van der Waals surface area contributed by atoms with E-state index in [1.807, 2.05) is 6.07 Å². The Kier molecular flexibility index (Phi) is 2.82. The molecule has 0 bridgehead atoms. The number of anilines is 1. The van der Waals surface area contributed by atoms with Gasteiger partial charge in [0.1, 0.15) is 12.1 Å². The molecule has 1 aromatic carbocycles. The first-order valence-corrected chi connectivity index (χ1v) is 5.03. The number of benzene rings is 1. The Labute approximate surface area is 95.2 Å². The molecule has 0 saturated carbocycles. The van der Waals surface area contributed by atoms with E-state index >= 15 is 0 Å². The van der Waals surface area contributed by atoms with E-state index in [0.717, 1.165) is 4.47 Å². The van der Waals surface area contributed by atoms with E-state index in [9.17, 15) is 0 Å². The van der Waals surface area contributed by atoms with E-state index in [4.69, 9.17) is 10.5 Å². The maximum Gasteiger partial charge on any atom is 0.222 e. The molecule has 0 spiro atoms. The first-order valence-electron chi connectivity index (χ1n) is 4.24. The molecule has 0 unspecified atom stereocenters. The molecule has 0 aliphatic carbocycles. The Bertz CT molecular complexity index is 441. The average molecular weight is 266 g/mol. The summed E-state index contributed by atoms with van der Waals surface area (Å²) in [5, 5.41) is 0. The number of ether oxygens (including phenoxy) is 1. The third kappa shape index (κ3) is 2.66. The van der Waals surface area contributed by atoms with Crippen LogP contribution in [0.2, 0.25) is 0 Å². The Hall–Kier alpha value is -1.62. The molecule has 2 rings (SSSR count). The van der Waals surface area contributed by atoms with E-state index in [1.54, 1.807) is 24.4 Å². The minimum Gasteiger partial charge on any atom is -0.439 e. The van der Waals surface area contributed by atoms with Crippen molar-refractivity contribution in [3.05, 3.63) is 41.3 Å². The Morgan fingerprint density at radius 1 is 1.27 bits per heavy atom. The maximum atomic E-state index is 5.67. The van der Waals surface area contributed by atoms with E-state index in [1.165, 1.54) is 6.33 Å². The SMILES string of the molecule is Nc1cc(Br)cc(Oc2ccncn2)c1. The number of nitrogens with two attached hydrogens (primary N) is 1. The van der Waals surface area contributed by atoms with Gasteiger partial charge < -0.3 is 10.5 Å². The highest BCUT2D eigenvalue weighted by atomic mass is 79.9. The molecule has 0 fully saturated rings. The highest BCUT2D eigenvalue weighted by Crippen LogP contribution is 2.25. The van der Waals surface area contributed by atoms with Crippen LogP contribution in [-0.4, -0.2) is 9.97 Å². The standard InChI is InChI=1S/C10H8BrN3O/c11-7-3-8(12)5-9(4-7)15-10-1-2-13-6-14-10/h1-6H,12H2. The highest BCUT2D eigenvalue weighted by Gasteiger charge is 2.00. The van der Waals surface area contributed by atoms with Crippen molar-refractivity contribution in [2.24, 2.45) is 0 Å². The zero-order valence-electron chi connectivity index (χ0n) is 7.72. The van der Waals surface area contributed by atoms with Crippen LogP contribution in [0, 0.1) is 0 Å². The Morgan fingerprint density at radius 3 is 2.80 bits per heavy atom. The molecule has 0 aliphatic heterocycles. The molecule has 2 N–H and O–H groups in total. The van der Waals surface area contributed by atoms with Gasteiger partial charge in [-0.2, -0.15) is 0 Å². The van der Waals surface area contributed by atoms with E-state index in [0.29, 0.717) is 17.3 Å². The van der Waals surface area contributed by atoms with E-state index < -0.39 is 0 Å². The fourth-order valence-corrected chi connectivity index (χ4v) is 1.59. The summed E-state index contributed by atoms with van der Waals surface area (Å²) in [6.07, 6.45) is 3.04. The summed E-state index contributed by atoms with van der Waals surface area (Å²) < 4.78 is 6.35. The minimum absolute atomic E-state index is 0.488. The van der Waals surface area contributed by atoms with Gasteiger partial charge >= 0.3 is 0 Å². The van der Waals surface area contributed by atoms with Crippen LogP contribution in [0.3, 0.4) is 0 Å². The van der Waals surface area contributed by atoms with Gasteiger partial charge in [0.2, 0.25) is 5.88 Å². The predicted molar refractivity (Wildman–Crippen MR) is 60.7 cm³/mol. The molecule has 0 amide bonds. The van der Waals surface area contributed by atoms with Crippen molar-refractivity contribution in [1.29, 1.82) is 0 Å². The molecular weight excluding hydrogens is 258 g/mol. The maximum absolute atomic E-state index is 5.67. The van der Waals surface area contributed by atoms with E-state index in [2.05, 4.69) is 25.9 Å². The lowest BCUT2D eigenvalue weighted by Gasteiger charge is -2.05. The first-order chi connectivity index (χ1) is 7.24. The van der Waals surface area contributed by atoms with Crippen LogP contribution in [0.1, 0.15) is 0 Å². The van der Waals surface area contributed by atoms with Crippen LogP contribution in [-0.2, 0) is 0 Å². The fraction of sp³-hybridized carbons (Fsp3) is 0. The van der Waals surface area contributed by atoms with E-state index in [-0.39, 0.29) is 0 Å². The van der Waals surface area contributed by atoms with Crippen molar-refractivity contribution < 1.29 is 4.74 Å². The number of hydrogen-bond donors (Lipinski definition) is 1. The number of halogens is 1. The molecule has 0 radical (unpaired) electrons. The van der Waals surface area contributed by atoms with Crippen molar-refractivity contribution in [2.45, 2.75) is 0 Å². The third-order valence-electron chi connectivity index (χ3n) is 1.67. The van der Waals surface area contributed by atoms with Gasteiger partial charge in [0, 0.05) is 28.5 Å². The molecule has 5 heteroatoms. The van der Waals surface area contributed by atoms with Crippen molar-refractivity contribution in [2.75, 3.05) is 5.73 Å². The van der Waals surface area contributed by atoms with Crippen LogP contribution < -0.4 is 10.5 Å². The predicted octanol–water partition coefficient (Wildman–Crippen LogP) is 2.61. The van der Waals surface area contributed by atoms with Crippen molar-refractivity contribution >= 4 is 21.6 Å². The minimum atomic E-state index is 0.488. The van der Waals surface area contributed by atoms with Crippen LogP contribution in [0.25, 0.3) is 0 Å². The second-order valence-corrected chi connectivity index (χ2v) is 3.79. The lowest BCUT2D eigenvalue weighted by molar-refractivity contribution is 0.461. The quantitative estimate of drug-likeness (QED) is 0.849.